The van der Waals surface area contributed by atoms with Crippen molar-refractivity contribution in [3.63, 3.8) is 0 Å². The zero-order chi connectivity index (χ0) is 17.9. The molecule has 4 heterocycles. The van der Waals surface area contributed by atoms with Crippen LogP contribution in [0.4, 0.5) is 0 Å². The average molecular weight is 345 g/mol. The first-order valence-electron chi connectivity index (χ1n) is 8.02. The number of amides is 1. The normalized spacial score (nSPS) is 10.8. The largest absolute Gasteiger partial charge is 0.346 e. The van der Waals surface area contributed by atoms with Gasteiger partial charge in [0.15, 0.2) is 11.5 Å². The van der Waals surface area contributed by atoms with Crippen LogP contribution in [0, 0.1) is 6.92 Å². The highest BCUT2D eigenvalue weighted by atomic mass is 16.1. The number of carbonyl (C=O) groups excluding carboxylic acids is 1. The predicted octanol–water partition coefficient (Wildman–Crippen LogP) is 2.05. The van der Waals surface area contributed by atoms with Crippen LogP contribution in [-0.4, -0.2) is 36.0 Å². The van der Waals surface area contributed by atoms with Gasteiger partial charge < -0.3 is 5.32 Å². The zero-order valence-corrected chi connectivity index (χ0v) is 14.0. The molecule has 0 atom stereocenters. The van der Waals surface area contributed by atoms with Crippen LogP contribution in [0.15, 0.2) is 49.1 Å². The highest BCUT2D eigenvalue weighted by Crippen LogP contribution is 2.15. The van der Waals surface area contributed by atoms with Gasteiger partial charge in [-0.25, -0.2) is 15.0 Å². The number of aromatic amines is 1. The second-order valence-electron chi connectivity index (χ2n) is 5.69. The number of carbonyl (C=O) groups is 1. The Labute approximate surface area is 148 Å². The van der Waals surface area contributed by atoms with Crippen LogP contribution >= 0.6 is 0 Å². The first kappa shape index (κ1) is 15.8. The third kappa shape index (κ3) is 3.00. The molecule has 0 unspecified atom stereocenters. The lowest BCUT2D eigenvalue weighted by Crippen LogP contribution is -2.24. The molecule has 4 aromatic rings. The number of nitrogens with one attached hydrogen (secondary N) is 2. The van der Waals surface area contributed by atoms with Crippen molar-refractivity contribution in [3.05, 3.63) is 66.0 Å². The number of aromatic nitrogens is 6. The molecule has 2 N–H and O–H groups in total. The predicted molar refractivity (Wildman–Crippen MR) is 95.1 cm³/mol. The van der Waals surface area contributed by atoms with Crippen LogP contribution in [0.2, 0.25) is 0 Å². The third-order valence-corrected chi connectivity index (χ3v) is 3.98. The quantitative estimate of drug-likeness (QED) is 0.586. The van der Waals surface area contributed by atoms with Crippen LogP contribution in [0.3, 0.4) is 0 Å². The molecule has 4 aromatic heterocycles. The number of hydrogen-bond donors (Lipinski definition) is 2. The van der Waals surface area contributed by atoms with Crippen LogP contribution in [0.25, 0.3) is 22.4 Å². The molecule has 8 nitrogen and oxygen atoms in total. The fourth-order valence-corrected chi connectivity index (χ4v) is 2.63. The van der Waals surface area contributed by atoms with E-state index >= 15 is 0 Å². The molecule has 4 rings (SSSR count). The second kappa shape index (κ2) is 6.67. The van der Waals surface area contributed by atoms with Crippen molar-refractivity contribution in [1.82, 2.24) is 35.5 Å². The lowest BCUT2D eigenvalue weighted by atomic mass is 10.2. The van der Waals surface area contributed by atoms with Gasteiger partial charge in [-0.05, 0) is 31.2 Å². The number of nitrogens with zero attached hydrogens (tertiary/aromatic N) is 5. The highest BCUT2D eigenvalue weighted by molar-refractivity contribution is 5.95. The minimum absolute atomic E-state index is 0.244. The lowest BCUT2D eigenvalue weighted by molar-refractivity contribution is 0.0949. The Bertz CT molecular complexity index is 1080. The third-order valence-electron chi connectivity index (χ3n) is 3.98. The summed E-state index contributed by atoms with van der Waals surface area (Å²) in [5.41, 5.74) is 3.26. The van der Waals surface area contributed by atoms with Gasteiger partial charge in [0.25, 0.3) is 5.91 Å². The minimum atomic E-state index is -0.244. The summed E-state index contributed by atoms with van der Waals surface area (Å²) in [5.74, 6) is 0.296. The first-order chi connectivity index (χ1) is 12.7. The van der Waals surface area contributed by atoms with Crippen molar-refractivity contribution in [2.75, 3.05) is 0 Å². The molecule has 1 amide bonds. The highest BCUT2D eigenvalue weighted by Gasteiger charge is 2.14. The number of hydrogen-bond acceptors (Lipinski definition) is 6. The van der Waals surface area contributed by atoms with Gasteiger partial charge in [0, 0.05) is 35.7 Å². The van der Waals surface area contributed by atoms with Gasteiger partial charge in [-0.2, -0.15) is 5.10 Å². The summed E-state index contributed by atoms with van der Waals surface area (Å²) in [4.78, 5) is 29.4. The molecule has 0 saturated heterocycles. The summed E-state index contributed by atoms with van der Waals surface area (Å²) in [6.45, 7) is 2.09. The zero-order valence-electron chi connectivity index (χ0n) is 14.0. The SMILES string of the molecule is Cc1nc(-c2cccnc2)ncc1C(=O)NCc1[nH]nc2ncccc12. The van der Waals surface area contributed by atoms with Crippen molar-refractivity contribution in [3.8, 4) is 11.4 Å². The van der Waals surface area contributed by atoms with Gasteiger partial charge in [0.1, 0.15) is 0 Å². The minimum Gasteiger partial charge on any atom is -0.346 e. The number of fused-ring (bicyclic) bond motifs is 1. The Kier molecular flexibility index (Phi) is 4.06. The van der Waals surface area contributed by atoms with Crippen molar-refractivity contribution in [2.45, 2.75) is 13.5 Å². The molecular weight excluding hydrogens is 330 g/mol. The summed E-state index contributed by atoms with van der Waals surface area (Å²) in [6.07, 6.45) is 6.58. The molecule has 26 heavy (non-hydrogen) atoms. The fraction of sp³-hybridized carbons (Fsp3) is 0.111. The van der Waals surface area contributed by atoms with E-state index in [0.29, 0.717) is 29.3 Å². The van der Waals surface area contributed by atoms with E-state index in [4.69, 9.17) is 0 Å². The van der Waals surface area contributed by atoms with Crippen LogP contribution in [0.5, 0.6) is 0 Å². The number of aryl methyl sites for hydroxylation is 1. The van der Waals surface area contributed by atoms with Crippen molar-refractivity contribution < 1.29 is 4.79 Å². The number of rotatable bonds is 4. The van der Waals surface area contributed by atoms with Crippen molar-refractivity contribution in [2.24, 2.45) is 0 Å². The van der Waals surface area contributed by atoms with E-state index in [2.05, 4.69) is 35.5 Å². The second-order valence-corrected chi connectivity index (χ2v) is 5.69. The van der Waals surface area contributed by atoms with Crippen LogP contribution < -0.4 is 5.32 Å². The monoisotopic (exact) mass is 345 g/mol. The molecule has 0 spiro atoms. The van der Waals surface area contributed by atoms with E-state index in [0.717, 1.165) is 16.6 Å². The maximum atomic E-state index is 12.5. The maximum Gasteiger partial charge on any atom is 0.255 e. The molecule has 0 aliphatic heterocycles. The molecule has 0 radical (unpaired) electrons. The summed E-state index contributed by atoms with van der Waals surface area (Å²) in [5, 5.41) is 10.8. The summed E-state index contributed by atoms with van der Waals surface area (Å²) < 4.78 is 0. The molecule has 0 saturated carbocycles. The Morgan fingerprint density at radius 3 is 2.85 bits per heavy atom. The van der Waals surface area contributed by atoms with Gasteiger partial charge in [0.2, 0.25) is 0 Å². The summed E-state index contributed by atoms with van der Waals surface area (Å²) in [7, 11) is 0. The Morgan fingerprint density at radius 1 is 1.15 bits per heavy atom. The topological polar surface area (TPSA) is 109 Å². The Morgan fingerprint density at radius 2 is 2.04 bits per heavy atom. The van der Waals surface area contributed by atoms with Gasteiger partial charge in [0.05, 0.1) is 23.5 Å². The maximum absolute atomic E-state index is 12.5. The van der Waals surface area contributed by atoms with Crippen molar-refractivity contribution >= 4 is 16.9 Å². The lowest BCUT2D eigenvalue weighted by Gasteiger charge is -2.08. The molecule has 0 bridgehead atoms. The average Bonchev–Trinajstić information content (AvgIpc) is 3.10. The van der Waals surface area contributed by atoms with E-state index in [9.17, 15) is 4.79 Å². The van der Waals surface area contributed by atoms with E-state index < -0.39 is 0 Å². The first-order valence-corrected chi connectivity index (χ1v) is 8.02. The fourth-order valence-electron chi connectivity index (χ4n) is 2.63. The van der Waals surface area contributed by atoms with Gasteiger partial charge in [-0.1, -0.05) is 0 Å². The van der Waals surface area contributed by atoms with Crippen LogP contribution in [0.1, 0.15) is 21.7 Å². The standard InChI is InChI=1S/C18H15N7O/c1-11-14(9-21-16(23-11)12-4-2-6-19-8-12)18(26)22-10-15-13-5-3-7-20-17(13)25-24-15/h2-9H,10H2,1H3,(H,22,26)(H,20,24,25). The van der Waals surface area contributed by atoms with Gasteiger partial charge in [-0.3, -0.25) is 14.9 Å². The molecule has 0 aliphatic carbocycles. The van der Waals surface area contributed by atoms with E-state index in [1.165, 1.54) is 6.20 Å². The van der Waals surface area contributed by atoms with E-state index in [-0.39, 0.29) is 5.91 Å². The molecule has 0 aliphatic rings. The van der Waals surface area contributed by atoms with E-state index in [1.54, 1.807) is 25.5 Å². The van der Waals surface area contributed by atoms with Crippen LogP contribution in [-0.2, 0) is 6.54 Å². The smallest absolute Gasteiger partial charge is 0.255 e. The molecule has 8 heteroatoms. The Balaban J connectivity index is 1.51. The number of H-pyrrole nitrogens is 1. The van der Waals surface area contributed by atoms with Crippen molar-refractivity contribution in [1.29, 1.82) is 0 Å². The molecule has 0 fully saturated rings. The molecule has 128 valence electrons. The van der Waals surface area contributed by atoms with E-state index in [1.807, 2.05) is 24.3 Å². The summed E-state index contributed by atoms with van der Waals surface area (Å²) in [6, 6.07) is 7.43. The number of pyridine rings is 2. The summed E-state index contributed by atoms with van der Waals surface area (Å²) >= 11 is 0. The van der Waals surface area contributed by atoms with Gasteiger partial charge in [-0.15, -0.1) is 0 Å². The molecular formula is C18H15N7O. The van der Waals surface area contributed by atoms with Gasteiger partial charge >= 0.3 is 0 Å². The Hall–Kier alpha value is -3.68. The molecule has 0 aromatic carbocycles.